The normalized spacial score (nSPS) is 10.6. The minimum atomic E-state index is -0.360. The Bertz CT molecular complexity index is 540. The van der Waals surface area contributed by atoms with Crippen LogP contribution in [0.25, 0.3) is 10.8 Å². The van der Waals surface area contributed by atoms with Gasteiger partial charge >= 0.3 is 0 Å². The summed E-state index contributed by atoms with van der Waals surface area (Å²) in [7, 11) is 0. The third-order valence-electron chi connectivity index (χ3n) is 2.50. The number of aryl methyl sites for hydroxylation is 1. The molecule has 82 valence electrons. The first-order chi connectivity index (χ1) is 7.68. The molecule has 1 aromatic heterocycles. The highest BCUT2D eigenvalue weighted by molar-refractivity contribution is 5.86. The van der Waals surface area contributed by atoms with Gasteiger partial charge in [-0.1, -0.05) is 6.07 Å². The van der Waals surface area contributed by atoms with Crippen LogP contribution in [-0.2, 0) is 11.2 Å². The predicted octanol–water partition coefficient (Wildman–Crippen LogP) is 1.79. The molecule has 0 atom stereocenters. The topological polar surface area (TPSA) is 56.0 Å². The molecule has 0 bridgehead atoms. The van der Waals surface area contributed by atoms with Gasteiger partial charge in [0.15, 0.2) is 0 Å². The summed E-state index contributed by atoms with van der Waals surface area (Å²) in [6, 6.07) is 4.69. The number of fused-ring (bicyclic) bond motifs is 1. The van der Waals surface area contributed by atoms with Gasteiger partial charge in [0, 0.05) is 29.6 Å². The summed E-state index contributed by atoms with van der Waals surface area (Å²) >= 11 is 0. The van der Waals surface area contributed by atoms with Crippen molar-refractivity contribution in [2.45, 2.75) is 12.8 Å². The molecule has 1 heterocycles. The summed E-state index contributed by atoms with van der Waals surface area (Å²) in [6.45, 7) is 0. The van der Waals surface area contributed by atoms with Crippen LogP contribution in [0.15, 0.2) is 30.6 Å². The molecule has 0 fully saturated rings. The van der Waals surface area contributed by atoms with E-state index in [4.69, 9.17) is 5.73 Å². The standard InChI is InChI=1S/C12H11FN2O/c13-11-3-1-8(2-4-12(14)16)10-7-15-6-5-9(10)11/h1,3,5-7H,2,4H2,(H2,14,16). The lowest BCUT2D eigenvalue weighted by atomic mass is 10.0. The van der Waals surface area contributed by atoms with Crippen molar-refractivity contribution in [1.29, 1.82) is 0 Å². The van der Waals surface area contributed by atoms with E-state index in [1.165, 1.54) is 6.07 Å². The molecule has 0 unspecified atom stereocenters. The fraction of sp³-hybridized carbons (Fsp3) is 0.167. The first-order valence-corrected chi connectivity index (χ1v) is 4.98. The third-order valence-corrected chi connectivity index (χ3v) is 2.50. The zero-order valence-electron chi connectivity index (χ0n) is 8.61. The molecule has 1 amide bonds. The van der Waals surface area contributed by atoms with Gasteiger partial charge in [0.1, 0.15) is 5.82 Å². The van der Waals surface area contributed by atoms with Crippen LogP contribution in [0.4, 0.5) is 4.39 Å². The predicted molar refractivity (Wildman–Crippen MR) is 59.2 cm³/mol. The Hall–Kier alpha value is -1.97. The molecule has 0 saturated carbocycles. The highest BCUT2D eigenvalue weighted by Gasteiger charge is 2.06. The van der Waals surface area contributed by atoms with Crippen LogP contribution in [0.2, 0.25) is 0 Å². The lowest BCUT2D eigenvalue weighted by molar-refractivity contribution is -0.117. The molecule has 0 aliphatic carbocycles. The number of aromatic nitrogens is 1. The first-order valence-electron chi connectivity index (χ1n) is 4.98. The highest BCUT2D eigenvalue weighted by atomic mass is 19.1. The van der Waals surface area contributed by atoms with Gasteiger partial charge < -0.3 is 5.73 Å². The average molecular weight is 218 g/mol. The molecule has 0 spiro atoms. The summed E-state index contributed by atoms with van der Waals surface area (Å²) < 4.78 is 13.4. The van der Waals surface area contributed by atoms with E-state index < -0.39 is 0 Å². The fourth-order valence-electron chi connectivity index (χ4n) is 1.69. The van der Waals surface area contributed by atoms with E-state index in [2.05, 4.69) is 4.98 Å². The van der Waals surface area contributed by atoms with Crippen molar-refractivity contribution in [2.24, 2.45) is 5.73 Å². The number of amides is 1. The summed E-state index contributed by atoms with van der Waals surface area (Å²) in [5, 5.41) is 1.26. The molecule has 3 nitrogen and oxygen atoms in total. The number of hydrogen-bond acceptors (Lipinski definition) is 2. The average Bonchev–Trinajstić information content (AvgIpc) is 2.28. The molecule has 0 saturated heterocycles. The summed E-state index contributed by atoms with van der Waals surface area (Å²) in [4.78, 5) is 14.7. The van der Waals surface area contributed by atoms with E-state index in [-0.39, 0.29) is 18.1 Å². The van der Waals surface area contributed by atoms with Crippen LogP contribution in [0.5, 0.6) is 0 Å². The second-order valence-corrected chi connectivity index (χ2v) is 3.59. The van der Waals surface area contributed by atoms with Crippen LogP contribution in [0.1, 0.15) is 12.0 Å². The maximum Gasteiger partial charge on any atom is 0.217 e. The van der Waals surface area contributed by atoms with Gasteiger partial charge in [-0.3, -0.25) is 9.78 Å². The minimum Gasteiger partial charge on any atom is -0.370 e. The van der Waals surface area contributed by atoms with E-state index in [0.717, 1.165) is 10.9 Å². The number of primary amides is 1. The van der Waals surface area contributed by atoms with Crippen molar-refractivity contribution in [1.82, 2.24) is 4.98 Å². The molecule has 16 heavy (non-hydrogen) atoms. The molecular formula is C12H11FN2O. The number of nitrogens with two attached hydrogens (primary N) is 1. The number of nitrogens with zero attached hydrogens (tertiary/aromatic N) is 1. The molecule has 0 radical (unpaired) electrons. The SMILES string of the molecule is NC(=O)CCc1ccc(F)c2ccncc12. The van der Waals surface area contributed by atoms with E-state index in [1.807, 2.05) is 0 Å². The van der Waals surface area contributed by atoms with Gasteiger partial charge in [-0.05, 0) is 24.1 Å². The van der Waals surface area contributed by atoms with Crippen LogP contribution >= 0.6 is 0 Å². The van der Waals surface area contributed by atoms with Crippen molar-refractivity contribution < 1.29 is 9.18 Å². The second-order valence-electron chi connectivity index (χ2n) is 3.59. The van der Waals surface area contributed by atoms with Crippen LogP contribution in [-0.4, -0.2) is 10.9 Å². The van der Waals surface area contributed by atoms with Gasteiger partial charge in [-0.25, -0.2) is 4.39 Å². The van der Waals surface area contributed by atoms with Crippen LogP contribution < -0.4 is 5.73 Å². The Morgan fingerprint density at radius 2 is 2.12 bits per heavy atom. The largest absolute Gasteiger partial charge is 0.370 e. The number of hydrogen-bond donors (Lipinski definition) is 1. The van der Waals surface area contributed by atoms with E-state index in [0.29, 0.717) is 11.8 Å². The lowest BCUT2D eigenvalue weighted by Gasteiger charge is -2.05. The number of benzene rings is 1. The first kappa shape index (κ1) is 10.5. The van der Waals surface area contributed by atoms with Crippen molar-refractivity contribution in [3.05, 3.63) is 42.0 Å². The van der Waals surface area contributed by atoms with Crippen molar-refractivity contribution in [2.75, 3.05) is 0 Å². The Morgan fingerprint density at radius 3 is 2.88 bits per heavy atom. The fourth-order valence-corrected chi connectivity index (χ4v) is 1.69. The Labute approximate surface area is 92.1 Å². The number of carbonyl (C=O) groups excluding carboxylic acids is 1. The van der Waals surface area contributed by atoms with E-state index in [1.54, 1.807) is 24.5 Å². The molecule has 0 aliphatic heterocycles. The van der Waals surface area contributed by atoms with Gasteiger partial charge in [0.05, 0.1) is 0 Å². The quantitative estimate of drug-likeness (QED) is 0.853. The number of pyridine rings is 1. The summed E-state index contributed by atoms with van der Waals surface area (Å²) in [6.07, 6.45) is 3.92. The maximum atomic E-state index is 13.4. The Morgan fingerprint density at radius 1 is 1.31 bits per heavy atom. The Balaban J connectivity index is 2.46. The molecular weight excluding hydrogens is 207 g/mol. The van der Waals surface area contributed by atoms with E-state index >= 15 is 0 Å². The summed E-state index contributed by atoms with van der Waals surface area (Å²) in [5.41, 5.74) is 5.98. The van der Waals surface area contributed by atoms with Gasteiger partial charge in [-0.15, -0.1) is 0 Å². The number of carbonyl (C=O) groups is 1. The monoisotopic (exact) mass is 218 g/mol. The van der Waals surface area contributed by atoms with Crippen molar-refractivity contribution in [3.63, 3.8) is 0 Å². The molecule has 2 N–H and O–H groups in total. The smallest absolute Gasteiger partial charge is 0.217 e. The van der Waals surface area contributed by atoms with Crippen molar-refractivity contribution in [3.8, 4) is 0 Å². The van der Waals surface area contributed by atoms with Gasteiger partial charge in [0.25, 0.3) is 0 Å². The third kappa shape index (κ3) is 2.00. The maximum absolute atomic E-state index is 13.4. The van der Waals surface area contributed by atoms with Gasteiger partial charge in [0.2, 0.25) is 5.91 Å². The molecule has 4 heteroatoms. The summed E-state index contributed by atoms with van der Waals surface area (Å²) in [5.74, 6) is -0.637. The molecule has 1 aromatic carbocycles. The van der Waals surface area contributed by atoms with Gasteiger partial charge in [-0.2, -0.15) is 0 Å². The zero-order chi connectivity index (χ0) is 11.5. The molecule has 2 aromatic rings. The highest BCUT2D eigenvalue weighted by Crippen LogP contribution is 2.21. The lowest BCUT2D eigenvalue weighted by Crippen LogP contribution is -2.11. The minimum absolute atomic E-state index is 0.260. The van der Waals surface area contributed by atoms with Crippen LogP contribution in [0, 0.1) is 5.82 Å². The van der Waals surface area contributed by atoms with Crippen molar-refractivity contribution >= 4 is 16.7 Å². The number of rotatable bonds is 3. The molecule has 2 rings (SSSR count). The van der Waals surface area contributed by atoms with Crippen LogP contribution in [0.3, 0.4) is 0 Å². The van der Waals surface area contributed by atoms with E-state index in [9.17, 15) is 9.18 Å². The Kier molecular flexibility index (Phi) is 2.81. The second kappa shape index (κ2) is 4.26. The number of halogens is 1. The zero-order valence-corrected chi connectivity index (χ0v) is 8.61. The molecule has 0 aliphatic rings.